The van der Waals surface area contributed by atoms with Gasteiger partial charge in [-0.2, -0.15) is 0 Å². The van der Waals surface area contributed by atoms with Crippen molar-refractivity contribution >= 4 is 30.0 Å². The Morgan fingerprint density at radius 1 is 1.03 bits per heavy atom. The third-order valence-corrected chi connectivity index (χ3v) is 7.04. The van der Waals surface area contributed by atoms with E-state index in [-0.39, 0.29) is 0 Å². The number of piperidine rings is 1. The summed E-state index contributed by atoms with van der Waals surface area (Å²) in [7, 11) is 6.10. The largest absolute Gasteiger partial charge is 0.396 e. The average molecular weight is 415 g/mol. The number of rotatable bonds is 5. The highest BCUT2D eigenvalue weighted by atomic mass is 16.2. The molecule has 0 atom stereocenters. The molecule has 4 nitrogen and oxygen atoms in total. The minimum Gasteiger partial charge on any atom is -0.396 e. The van der Waals surface area contributed by atoms with Crippen LogP contribution < -0.4 is 10.4 Å². The third kappa shape index (κ3) is 4.00. The van der Waals surface area contributed by atoms with Crippen LogP contribution in [-0.4, -0.2) is 42.2 Å². The van der Waals surface area contributed by atoms with Crippen molar-refractivity contribution in [2.75, 3.05) is 24.6 Å². The van der Waals surface area contributed by atoms with Crippen LogP contribution in [0.25, 0.3) is 16.7 Å². The molecule has 0 bridgehead atoms. The number of anilines is 1. The molecule has 2 radical (unpaired) electrons. The number of aryl methyl sites for hydroxylation is 4. The predicted molar refractivity (Wildman–Crippen MR) is 131 cm³/mol. The fourth-order valence-corrected chi connectivity index (χ4v) is 5.38. The molecular formula is C26H34BN3O. The SMILES string of the molecule is [B]c1cc(C)c(-n2c(C)c(C)c3c(N4CCC(CCCO)CC4)cc(C)nc32)c(C)c1. The Morgan fingerprint density at radius 2 is 1.68 bits per heavy atom. The van der Waals surface area contributed by atoms with Crippen molar-refractivity contribution in [3.8, 4) is 5.69 Å². The van der Waals surface area contributed by atoms with Gasteiger partial charge in [-0.3, -0.25) is 4.57 Å². The van der Waals surface area contributed by atoms with Gasteiger partial charge >= 0.3 is 0 Å². The van der Waals surface area contributed by atoms with E-state index in [9.17, 15) is 0 Å². The molecule has 3 aromatic rings. The summed E-state index contributed by atoms with van der Waals surface area (Å²) >= 11 is 0. The van der Waals surface area contributed by atoms with E-state index in [4.69, 9.17) is 17.9 Å². The Bertz CT molecular complexity index is 1090. The van der Waals surface area contributed by atoms with E-state index in [1.807, 2.05) is 0 Å². The summed E-state index contributed by atoms with van der Waals surface area (Å²) in [6.45, 7) is 13.2. The molecule has 1 N–H and O–H groups in total. The molecule has 1 aliphatic rings. The first-order chi connectivity index (χ1) is 14.8. The monoisotopic (exact) mass is 415 g/mol. The molecule has 162 valence electrons. The Morgan fingerprint density at radius 3 is 2.29 bits per heavy atom. The van der Waals surface area contributed by atoms with Gasteiger partial charge in [0, 0.05) is 42.2 Å². The van der Waals surface area contributed by atoms with Crippen molar-refractivity contribution in [3.63, 3.8) is 0 Å². The van der Waals surface area contributed by atoms with Crippen molar-refractivity contribution in [2.24, 2.45) is 5.92 Å². The normalized spacial score (nSPS) is 15.2. The Hall–Kier alpha value is -2.27. The maximum Gasteiger partial charge on any atom is 0.147 e. The Labute approximate surface area is 187 Å². The first kappa shape index (κ1) is 21.9. The molecular weight excluding hydrogens is 381 g/mol. The maximum atomic E-state index is 9.16. The van der Waals surface area contributed by atoms with Crippen molar-refractivity contribution < 1.29 is 5.11 Å². The molecule has 31 heavy (non-hydrogen) atoms. The van der Waals surface area contributed by atoms with Gasteiger partial charge < -0.3 is 10.0 Å². The summed E-state index contributed by atoms with van der Waals surface area (Å²) in [6, 6.07) is 6.36. The van der Waals surface area contributed by atoms with E-state index < -0.39 is 0 Å². The van der Waals surface area contributed by atoms with Crippen LogP contribution in [0.3, 0.4) is 0 Å². The van der Waals surface area contributed by atoms with Crippen LogP contribution in [0.2, 0.25) is 0 Å². The highest BCUT2D eigenvalue weighted by Crippen LogP contribution is 2.38. The summed E-state index contributed by atoms with van der Waals surface area (Å²) < 4.78 is 2.33. The second kappa shape index (κ2) is 8.70. The zero-order valence-electron chi connectivity index (χ0n) is 19.6. The molecule has 1 saturated heterocycles. The number of aliphatic hydroxyl groups excluding tert-OH is 1. The molecule has 4 rings (SSSR count). The summed E-state index contributed by atoms with van der Waals surface area (Å²) in [6.07, 6.45) is 4.44. The number of hydrogen-bond acceptors (Lipinski definition) is 3. The smallest absolute Gasteiger partial charge is 0.147 e. The Balaban J connectivity index is 1.82. The molecule has 3 heterocycles. The van der Waals surface area contributed by atoms with Crippen LogP contribution in [0.15, 0.2) is 18.2 Å². The van der Waals surface area contributed by atoms with Gasteiger partial charge in [-0.1, -0.05) is 17.6 Å². The van der Waals surface area contributed by atoms with Crippen LogP contribution in [0.5, 0.6) is 0 Å². The maximum absolute atomic E-state index is 9.16. The van der Waals surface area contributed by atoms with Crippen LogP contribution in [0, 0.1) is 40.5 Å². The molecule has 1 fully saturated rings. The number of hydrogen-bond donors (Lipinski definition) is 1. The number of aromatic nitrogens is 2. The van der Waals surface area contributed by atoms with Gasteiger partial charge in [0.2, 0.25) is 0 Å². The summed E-state index contributed by atoms with van der Waals surface area (Å²) in [5, 5.41) is 10.4. The zero-order chi connectivity index (χ0) is 22.3. The lowest BCUT2D eigenvalue weighted by atomic mass is 9.91. The number of pyridine rings is 1. The molecule has 1 aromatic carbocycles. The van der Waals surface area contributed by atoms with Crippen molar-refractivity contribution in [3.05, 3.63) is 46.3 Å². The lowest BCUT2D eigenvalue weighted by molar-refractivity contribution is 0.261. The van der Waals surface area contributed by atoms with Crippen LogP contribution in [0.1, 0.15) is 53.8 Å². The predicted octanol–water partition coefficient (Wildman–Crippen LogP) is 4.35. The van der Waals surface area contributed by atoms with Gasteiger partial charge in [-0.05, 0) is 89.0 Å². The van der Waals surface area contributed by atoms with E-state index in [1.165, 1.54) is 52.0 Å². The van der Waals surface area contributed by atoms with E-state index >= 15 is 0 Å². The van der Waals surface area contributed by atoms with E-state index in [2.05, 4.69) is 62.3 Å². The minimum absolute atomic E-state index is 0.306. The highest BCUT2D eigenvalue weighted by Gasteiger charge is 2.25. The number of benzene rings is 1. The van der Waals surface area contributed by atoms with Gasteiger partial charge in [0.25, 0.3) is 0 Å². The second-order valence-corrected chi connectivity index (χ2v) is 9.33. The lowest BCUT2D eigenvalue weighted by Gasteiger charge is -2.34. The fraction of sp³-hybridized carbons (Fsp3) is 0.500. The molecule has 0 aliphatic carbocycles. The molecule has 0 unspecified atom stereocenters. The number of aliphatic hydroxyl groups is 1. The fourth-order valence-electron chi connectivity index (χ4n) is 5.38. The van der Waals surface area contributed by atoms with Crippen molar-refractivity contribution in [2.45, 2.75) is 60.3 Å². The van der Waals surface area contributed by atoms with Gasteiger partial charge in [-0.25, -0.2) is 4.98 Å². The van der Waals surface area contributed by atoms with Crippen LogP contribution in [-0.2, 0) is 0 Å². The molecule has 0 amide bonds. The second-order valence-electron chi connectivity index (χ2n) is 9.33. The first-order valence-corrected chi connectivity index (χ1v) is 11.5. The molecule has 0 spiro atoms. The van der Waals surface area contributed by atoms with Gasteiger partial charge in [0.1, 0.15) is 13.5 Å². The molecule has 2 aromatic heterocycles. The van der Waals surface area contributed by atoms with Crippen molar-refractivity contribution in [1.82, 2.24) is 9.55 Å². The molecule has 0 saturated carbocycles. The van der Waals surface area contributed by atoms with Crippen molar-refractivity contribution in [1.29, 1.82) is 0 Å². The number of nitrogens with zero attached hydrogens (tertiary/aromatic N) is 3. The first-order valence-electron chi connectivity index (χ1n) is 11.5. The standard InChI is InChI=1S/C26H34BN3O/c1-16-13-22(27)14-17(2)25(16)30-20(5)19(4)24-23(15-18(3)28-26(24)30)29-10-8-21(9-11-29)7-6-12-31/h13-15,21,31H,6-12H2,1-5H3. The lowest BCUT2D eigenvalue weighted by Crippen LogP contribution is -2.34. The van der Waals surface area contributed by atoms with Gasteiger partial charge in [0.15, 0.2) is 0 Å². The average Bonchev–Trinajstić information content (AvgIpc) is 2.96. The Kier molecular flexibility index (Phi) is 6.16. The summed E-state index contributed by atoms with van der Waals surface area (Å²) in [5.41, 5.74) is 10.3. The summed E-state index contributed by atoms with van der Waals surface area (Å²) in [5.74, 6) is 0.731. The van der Waals surface area contributed by atoms with Gasteiger partial charge in [0.05, 0.1) is 5.69 Å². The molecule has 1 aliphatic heterocycles. The van der Waals surface area contributed by atoms with E-state index in [0.29, 0.717) is 6.61 Å². The number of fused-ring (bicyclic) bond motifs is 1. The van der Waals surface area contributed by atoms with E-state index in [0.717, 1.165) is 48.7 Å². The zero-order valence-corrected chi connectivity index (χ0v) is 19.6. The third-order valence-electron chi connectivity index (χ3n) is 7.04. The van der Waals surface area contributed by atoms with Crippen LogP contribution in [0.4, 0.5) is 5.69 Å². The minimum atomic E-state index is 0.306. The molecule has 5 heteroatoms. The topological polar surface area (TPSA) is 41.3 Å². The van der Waals surface area contributed by atoms with Gasteiger partial charge in [-0.15, -0.1) is 0 Å². The van der Waals surface area contributed by atoms with E-state index in [1.54, 1.807) is 0 Å². The highest BCUT2D eigenvalue weighted by molar-refractivity contribution is 6.32. The summed E-state index contributed by atoms with van der Waals surface area (Å²) in [4.78, 5) is 7.57. The quantitative estimate of drug-likeness (QED) is 0.630. The van der Waals surface area contributed by atoms with Crippen LogP contribution >= 0.6 is 0 Å².